The van der Waals surface area contributed by atoms with Crippen LogP contribution in [0.3, 0.4) is 0 Å². The van der Waals surface area contributed by atoms with Gasteiger partial charge in [-0.15, -0.1) is 0 Å². The van der Waals surface area contributed by atoms with Crippen LogP contribution in [0.1, 0.15) is 29.8 Å². The van der Waals surface area contributed by atoms with Crippen molar-refractivity contribution in [1.82, 2.24) is 0 Å². The van der Waals surface area contributed by atoms with E-state index in [4.69, 9.17) is 4.74 Å². The van der Waals surface area contributed by atoms with Crippen LogP contribution in [0.25, 0.3) is 0 Å². The fourth-order valence-electron chi connectivity index (χ4n) is 2.45. The third-order valence-electron chi connectivity index (χ3n) is 3.75. The average molecular weight is 420 g/mol. The van der Waals surface area contributed by atoms with Crippen molar-refractivity contribution in [2.24, 2.45) is 0 Å². The molecule has 8 nitrogen and oxygen atoms in total. The summed E-state index contributed by atoms with van der Waals surface area (Å²) in [6, 6.07) is 11.0. The minimum atomic E-state index is -3.93. The number of carbonyl (C=O) groups excluding carboxylic acids is 2. The molecular weight excluding hydrogens is 396 g/mol. The van der Waals surface area contributed by atoms with Gasteiger partial charge in [0.15, 0.2) is 0 Å². The third-order valence-corrected chi connectivity index (χ3v) is 4.94. The number of benzene rings is 2. The van der Waals surface area contributed by atoms with Crippen molar-refractivity contribution in [3.05, 3.63) is 53.6 Å². The molecule has 0 bridgehead atoms. The van der Waals surface area contributed by atoms with E-state index >= 15 is 0 Å². The number of hydrogen-bond donors (Lipinski definition) is 2. The first-order chi connectivity index (χ1) is 13.6. The van der Waals surface area contributed by atoms with Gasteiger partial charge in [0.25, 0.3) is 0 Å². The predicted molar refractivity (Wildman–Crippen MR) is 111 cm³/mol. The quantitative estimate of drug-likeness (QED) is 0.635. The molecule has 2 aromatic rings. The normalized spacial score (nSPS) is 11.1. The van der Waals surface area contributed by atoms with E-state index in [-0.39, 0.29) is 11.7 Å². The molecule has 2 rings (SSSR count). The maximum Gasteiger partial charge on any atom is 0.337 e. The number of anilines is 2. The maximum absolute atomic E-state index is 12.3. The molecule has 1 amide bonds. The van der Waals surface area contributed by atoms with Gasteiger partial charge in [-0.2, -0.15) is 0 Å². The Bertz CT molecular complexity index is 985. The average Bonchev–Trinajstić information content (AvgIpc) is 2.63. The molecule has 0 radical (unpaired) electrons. The SMILES string of the molecule is COC(=O)c1ccc(C)c(NC(=O)CS(=O)(=O)Nc2ccc(OC(C)C)cc2)c1. The van der Waals surface area contributed by atoms with E-state index in [9.17, 15) is 18.0 Å². The monoisotopic (exact) mass is 420 g/mol. The summed E-state index contributed by atoms with van der Waals surface area (Å²) in [5.41, 5.74) is 1.58. The standard InChI is InChI=1S/C20H24N2O6S/c1-13(2)28-17-9-7-16(8-10-17)22-29(25,26)12-19(23)21-18-11-15(20(24)27-4)6-5-14(18)3/h5-11,13,22H,12H2,1-4H3,(H,21,23). The van der Waals surface area contributed by atoms with Gasteiger partial charge in [-0.3, -0.25) is 9.52 Å². The third kappa shape index (κ3) is 6.79. The van der Waals surface area contributed by atoms with Gasteiger partial charge in [0, 0.05) is 11.4 Å². The lowest BCUT2D eigenvalue weighted by molar-refractivity contribution is -0.113. The van der Waals surface area contributed by atoms with Crippen LogP contribution < -0.4 is 14.8 Å². The highest BCUT2D eigenvalue weighted by molar-refractivity contribution is 7.93. The van der Waals surface area contributed by atoms with Crippen molar-refractivity contribution in [3.63, 3.8) is 0 Å². The number of carbonyl (C=O) groups is 2. The molecule has 0 aromatic heterocycles. The summed E-state index contributed by atoms with van der Waals surface area (Å²) >= 11 is 0. The van der Waals surface area contributed by atoms with Gasteiger partial charge in [0.1, 0.15) is 11.5 Å². The summed E-state index contributed by atoms with van der Waals surface area (Å²) in [6.07, 6.45) is 0.00220. The first kappa shape index (κ1) is 22.2. The highest BCUT2D eigenvalue weighted by Crippen LogP contribution is 2.19. The molecular formula is C20H24N2O6S. The van der Waals surface area contributed by atoms with E-state index in [1.54, 1.807) is 43.3 Å². The topological polar surface area (TPSA) is 111 Å². The number of methoxy groups -OCH3 is 1. The lowest BCUT2D eigenvalue weighted by Crippen LogP contribution is -2.27. The molecule has 0 saturated heterocycles. The number of sulfonamides is 1. The number of amides is 1. The van der Waals surface area contributed by atoms with Crippen LogP contribution in [0.2, 0.25) is 0 Å². The number of aryl methyl sites for hydroxylation is 1. The van der Waals surface area contributed by atoms with Crippen molar-refractivity contribution in [3.8, 4) is 5.75 Å². The van der Waals surface area contributed by atoms with Crippen LogP contribution >= 0.6 is 0 Å². The molecule has 0 fully saturated rings. The number of ether oxygens (including phenoxy) is 2. The number of esters is 1. The Morgan fingerprint density at radius 1 is 1.07 bits per heavy atom. The molecule has 0 saturated carbocycles. The summed E-state index contributed by atoms with van der Waals surface area (Å²) in [5.74, 6) is -1.46. The Morgan fingerprint density at radius 3 is 2.31 bits per heavy atom. The molecule has 0 aliphatic carbocycles. The molecule has 9 heteroatoms. The fourth-order valence-corrected chi connectivity index (χ4v) is 3.43. The second-order valence-corrected chi connectivity index (χ2v) is 8.34. The Hall–Kier alpha value is -3.07. The van der Waals surface area contributed by atoms with Crippen LogP contribution in [-0.4, -0.2) is 39.3 Å². The van der Waals surface area contributed by atoms with Gasteiger partial charge in [-0.05, 0) is 62.7 Å². The van der Waals surface area contributed by atoms with Crippen LogP contribution in [-0.2, 0) is 19.6 Å². The van der Waals surface area contributed by atoms with Gasteiger partial charge in [0.2, 0.25) is 15.9 Å². The molecule has 29 heavy (non-hydrogen) atoms. The Morgan fingerprint density at radius 2 is 1.72 bits per heavy atom. The molecule has 0 aliphatic rings. The van der Waals surface area contributed by atoms with E-state index in [0.29, 0.717) is 22.7 Å². The lowest BCUT2D eigenvalue weighted by Gasteiger charge is -2.12. The molecule has 0 heterocycles. The molecule has 0 spiro atoms. The van der Waals surface area contributed by atoms with Gasteiger partial charge < -0.3 is 14.8 Å². The molecule has 0 aliphatic heterocycles. The molecule has 2 aromatic carbocycles. The lowest BCUT2D eigenvalue weighted by atomic mass is 10.1. The molecule has 156 valence electrons. The second kappa shape index (κ2) is 9.42. The molecule has 2 N–H and O–H groups in total. The van der Waals surface area contributed by atoms with Gasteiger partial charge in [-0.25, -0.2) is 13.2 Å². The number of hydrogen-bond acceptors (Lipinski definition) is 6. The summed E-state index contributed by atoms with van der Waals surface area (Å²) in [7, 11) is -2.68. The van der Waals surface area contributed by atoms with E-state index in [2.05, 4.69) is 14.8 Å². The first-order valence-electron chi connectivity index (χ1n) is 8.85. The molecule has 0 atom stereocenters. The maximum atomic E-state index is 12.3. The van der Waals surface area contributed by atoms with E-state index in [0.717, 1.165) is 0 Å². The van der Waals surface area contributed by atoms with Gasteiger partial charge in [-0.1, -0.05) is 6.07 Å². The second-order valence-electron chi connectivity index (χ2n) is 6.62. The van der Waals surface area contributed by atoms with Crippen molar-refractivity contribution in [2.75, 3.05) is 22.9 Å². The Labute approximate surface area is 170 Å². The summed E-state index contributed by atoms with van der Waals surface area (Å²) < 4.78 is 37.1. The highest BCUT2D eigenvalue weighted by atomic mass is 32.2. The zero-order chi connectivity index (χ0) is 21.6. The van der Waals surface area contributed by atoms with Crippen molar-refractivity contribution < 1.29 is 27.5 Å². The van der Waals surface area contributed by atoms with E-state index in [1.165, 1.54) is 13.2 Å². The van der Waals surface area contributed by atoms with Crippen LogP contribution in [0.5, 0.6) is 5.75 Å². The van der Waals surface area contributed by atoms with Crippen molar-refractivity contribution >= 4 is 33.3 Å². The van der Waals surface area contributed by atoms with Gasteiger partial charge in [0.05, 0.1) is 18.8 Å². The zero-order valence-corrected chi connectivity index (χ0v) is 17.5. The van der Waals surface area contributed by atoms with Crippen LogP contribution in [0.4, 0.5) is 11.4 Å². The number of nitrogens with one attached hydrogen (secondary N) is 2. The smallest absolute Gasteiger partial charge is 0.337 e. The highest BCUT2D eigenvalue weighted by Gasteiger charge is 2.18. The van der Waals surface area contributed by atoms with Gasteiger partial charge >= 0.3 is 5.97 Å². The summed E-state index contributed by atoms with van der Waals surface area (Å²) in [6.45, 7) is 5.50. The number of rotatable bonds is 8. The van der Waals surface area contributed by atoms with E-state index < -0.39 is 27.7 Å². The van der Waals surface area contributed by atoms with Crippen LogP contribution in [0, 0.1) is 6.92 Å². The fraction of sp³-hybridized carbons (Fsp3) is 0.300. The Kier molecular flexibility index (Phi) is 7.22. The Balaban J connectivity index is 2.03. The predicted octanol–water partition coefficient (Wildman–Crippen LogP) is 2.95. The van der Waals surface area contributed by atoms with Crippen molar-refractivity contribution in [2.45, 2.75) is 26.9 Å². The first-order valence-corrected chi connectivity index (χ1v) is 10.5. The molecule has 0 unspecified atom stereocenters. The summed E-state index contributed by atoms with van der Waals surface area (Å²) in [4.78, 5) is 23.9. The minimum absolute atomic E-state index is 0.00220. The largest absolute Gasteiger partial charge is 0.491 e. The van der Waals surface area contributed by atoms with Crippen molar-refractivity contribution in [1.29, 1.82) is 0 Å². The van der Waals surface area contributed by atoms with E-state index in [1.807, 2.05) is 13.8 Å². The summed E-state index contributed by atoms with van der Waals surface area (Å²) in [5, 5.41) is 2.52. The van der Waals surface area contributed by atoms with Crippen LogP contribution in [0.15, 0.2) is 42.5 Å². The minimum Gasteiger partial charge on any atom is -0.491 e. The zero-order valence-electron chi connectivity index (χ0n) is 16.7.